The number of carbonyl (C=O) groups excluding carboxylic acids is 1. The van der Waals surface area contributed by atoms with Gasteiger partial charge in [0.25, 0.3) is 0 Å². The van der Waals surface area contributed by atoms with Crippen LogP contribution in [0, 0.1) is 19.8 Å². The summed E-state index contributed by atoms with van der Waals surface area (Å²) in [5.41, 5.74) is 0.937. The second-order valence-electron chi connectivity index (χ2n) is 5.14. The molecule has 2 aromatic heterocycles. The van der Waals surface area contributed by atoms with E-state index in [4.69, 9.17) is 9.15 Å². The van der Waals surface area contributed by atoms with Crippen LogP contribution in [0.3, 0.4) is 0 Å². The summed E-state index contributed by atoms with van der Waals surface area (Å²) in [4.78, 5) is 11.7. The second kappa shape index (κ2) is 4.77. The summed E-state index contributed by atoms with van der Waals surface area (Å²) in [5, 5.41) is 8.48. The highest BCUT2D eigenvalue weighted by Gasteiger charge is 2.29. The Hall–Kier alpha value is -2.11. The number of methoxy groups -OCH3 is 1. The topological polar surface area (TPSA) is 70.2 Å². The summed E-state index contributed by atoms with van der Waals surface area (Å²) in [6.07, 6.45) is 1.50. The van der Waals surface area contributed by atoms with E-state index >= 15 is 0 Å². The molecule has 0 aromatic carbocycles. The van der Waals surface area contributed by atoms with Gasteiger partial charge in [-0.15, -0.1) is 10.2 Å². The van der Waals surface area contributed by atoms with Gasteiger partial charge in [0, 0.05) is 13.0 Å². The molecule has 0 spiro atoms. The maximum atomic E-state index is 11.7. The predicted octanol–water partition coefficient (Wildman–Crippen LogP) is 1.89. The highest BCUT2D eigenvalue weighted by molar-refractivity contribution is 5.72. The number of rotatable bonds is 2. The van der Waals surface area contributed by atoms with Gasteiger partial charge < -0.3 is 13.7 Å². The van der Waals surface area contributed by atoms with Crippen LogP contribution in [0.1, 0.15) is 23.8 Å². The number of fused-ring (bicyclic) bond motifs is 1. The van der Waals surface area contributed by atoms with Crippen molar-refractivity contribution in [3.05, 3.63) is 23.4 Å². The number of aryl methyl sites for hydroxylation is 3. The first-order chi connectivity index (χ1) is 9.60. The molecule has 0 saturated carbocycles. The number of furan rings is 1. The lowest BCUT2D eigenvalue weighted by atomic mass is 9.99. The van der Waals surface area contributed by atoms with Gasteiger partial charge in [0.15, 0.2) is 5.82 Å². The highest BCUT2D eigenvalue weighted by atomic mass is 16.5. The Morgan fingerprint density at radius 3 is 2.90 bits per heavy atom. The molecule has 1 atom stereocenters. The van der Waals surface area contributed by atoms with Crippen molar-refractivity contribution in [2.75, 3.05) is 7.11 Å². The van der Waals surface area contributed by atoms with Crippen molar-refractivity contribution in [3.63, 3.8) is 0 Å². The second-order valence-corrected chi connectivity index (χ2v) is 5.14. The van der Waals surface area contributed by atoms with E-state index in [2.05, 4.69) is 10.2 Å². The van der Waals surface area contributed by atoms with E-state index in [1.54, 1.807) is 0 Å². The first-order valence-corrected chi connectivity index (χ1v) is 6.67. The molecular weight excluding hydrogens is 258 g/mol. The van der Waals surface area contributed by atoms with Crippen LogP contribution in [0.25, 0.3) is 11.4 Å². The normalized spacial score (nSPS) is 17.9. The summed E-state index contributed by atoms with van der Waals surface area (Å²) in [6.45, 7) is 4.37. The molecular formula is C14H17N3O3. The molecule has 2 aromatic rings. The molecule has 3 rings (SSSR count). The fourth-order valence-electron chi connectivity index (χ4n) is 2.74. The third kappa shape index (κ3) is 2.01. The summed E-state index contributed by atoms with van der Waals surface area (Å²) in [5.74, 6) is 3.04. The molecule has 1 aliphatic heterocycles. The van der Waals surface area contributed by atoms with Gasteiger partial charge in [0.1, 0.15) is 17.3 Å². The summed E-state index contributed by atoms with van der Waals surface area (Å²) in [7, 11) is 1.43. The highest BCUT2D eigenvalue weighted by Crippen LogP contribution is 2.29. The van der Waals surface area contributed by atoms with E-state index in [0.717, 1.165) is 41.6 Å². The first-order valence-electron chi connectivity index (χ1n) is 6.67. The molecule has 0 N–H and O–H groups in total. The van der Waals surface area contributed by atoms with E-state index in [-0.39, 0.29) is 11.9 Å². The van der Waals surface area contributed by atoms with Gasteiger partial charge in [0.2, 0.25) is 0 Å². The van der Waals surface area contributed by atoms with Gasteiger partial charge >= 0.3 is 5.97 Å². The predicted molar refractivity (Wildman–Crippen MR) is 71.0 cm³/mol. The summed E-state index contributed by atoms with van der Waals surface area (Å²) < 4.78 is 12.4. The smallest absolute Gasteiger partial charge is 0.310 e. The maximum Gasteiger partial charge on any atom is 0.310 e. The van der Waals surface area contributed by atoms with Crippen LogP contribution in [-0.2, 0) is 22.5 Å². The van der Waals surface area contributed by atoms with Crippen LogP contribution in [-0.4, -0.2) is 27.8 Å². The largest absolute Gasteiger partial charge is 0.469 e. The molecule has 0 radical (unpaired) electrons. The van der Waals surface area contributed by atoms with Crippen LogP contribution in [0.15, 0.2) is 10.5 Å². The minimum atomic E-state index is -0.171. The summed E-state index contributed by atoms with van der Waals surface area (Å²) >= 11 is 0. The molecule has 1 unspecified atom stereocenters. The van der Waals surface area contributed by atoms with Crippen LogP contribution in [0.2, 0.25) is 0 Å². The zero-order valence-corrected chi connectivity index (χ0v) is 11.8. The van der Waals surface area contributed by atoms with Crippen molar-refractivity contribution in [2.24, 2.45) is 5.92 Å². The molecule has 3 heterocycles. The van der Waals surface area contributed by atoms with E-state index in [1.807, 2.05) is 24.5 Å². The molecule has 106 valence electrons. The lowest BCUT2D eigenvalue weighted by molar-refractivity contribution is -0.146. The van der Waals surface area contributed by atoms with E-state index in [9.17, 15) is 4.79 Å². The van der Waals surface area contributed by atoms with Gasteiger partial charge in [-0.2, -0.15) is 0 Å². The van der Waals surface area contributed by atoms with E-state index in [0.29, 0.717) is 6.54 Å². The Morgan fingerprint density at radius 2 is 2.25 bits per heavy atom. The Bertz CT molecular complexity index is 657. The van der Waals surface area contributed by atoms with Crippen LogP contribution in [0.4, 0.5) is 0 Å². The lowest BCUT2D eigenvalue weighted by Gasteiger charge is -2.22. The van der Waals surface area contributed by atoms with Crippen molar-refractivity contribution in [2.45, 2.75) is 33.2 Å². The number of hydrogen-bond acceptors (Lipinski definition) is 5. The number of esters is 1. The van der Waals surface area contributed by atoms with Gasteiger partial charge in [0.05, 0.1) is 18.6 Å². The number of hydrogen-bond donors (Lipinski definition) is 0. The average Bonchev–Trinajstić information content (AvgIpc) is 2.99. The van der Waals surface area contributed by atoms with Crippen LogP contribution >= 0.6 is 0 Å². The average molecular weight is 275 g/mol. The first kappa shape index (κ1) is 12.9. The quantitative estimate of drug-likeness (QED) is 0.783. The maximum absolute atomic E-state index is 11.7. The zero-order chi connectivity index (χ0) is 14.3. The van der Waals surface area contributed by atoms with Crippen molar-refractivity contribution >= 4 is 5.97 Å². The molecule has 6 nitrogen and oxygen atoms in total. The molecule has 0 aliphatic carbocycles. The van der Waals surface area contributed by atoms with Crippen molar-refractivity contribution in [3.8, 4) is 11.4 Å². The number of aromatic nitrogens is 3. The third-order valence-electron chi connectivity index (χ3n) is 3.76. The third-order valence-corrected chi connectivity index (χ3v) is 3.76. The molecule has 0 bridgehead atoms. The Morgan fingerprint density at radius 1 is 1.45 bits per heavy atom. The van der Waals surface area contributed by atoms with Crippen LogP contribution in [0.5, 0.6) is 0 Å². The molecule has 0 saturated heterocycles. The van der Waals surface area contributed by atoms with Crippen molar-refractivity contribution < 1.29 is 13.9 Å². The van der Waals surface area contributed by atoms with Crippen LogP contribution < -0.4 is 0 Å². The monoisotopic (exact) mass is 275 g/mol. The molecule has 1 aliphatic rings. The Balaban J connectivity index is 1.99. The Labute approximate surface area is 116 Å². The zero-order valence-electron chi connectivity index (χ0n) is 11.8. The number of nitrogens with zero attached hydrogens (tertiary/aromatic N) is 3. The molecule has 20 heavy (non-hydrogen) atoms. The fourth-order valence-corrected chi connectivity index (χ4v) is 2.74. The summed E-state index contributed by atoms with van der Waals surface area (Å²) in [6, 6.07) is 1.95. The molecule has 0 amide bonds. The molecule has 0 fully saturated rings. The van der Waals surface area contributed by atoms with Crippen molar-refractivity contribution in [1.82, 2.24) is 14.8 Å². The fraction of sp³-hybridized carbons (Fsp3) is 0.500. The lowest BCUT2D eigenvalue weighted by Crippen LogP contribution is -2.28. The number of ether oxygens (including phenoxy) is 1. The van der Waals surface area contributed by atoms with E-state index in [1.165, 1.54) is 7.11 Å². The van der Waals surface area contributed by atoms with Gasteiger partial charge in [-0.25, -0.2) is 0 Å². The Kier molecular flexibility index (Phi) is 3.08. The SMILES string of the molecule is COC(=O)C1CCc2nnc(-c3cc(C)oc3C)n2C1. The van der Waals surface area contributed by atoms with E-state index < -0.39 is 0 Å². The van der Waals surface area contributed by atoms with Crippen molar-refractivity contribution in [1.29, 1.82) is 0 Å². The minimum absolute atomic E-state index is 0.129. The molecule has 6 heteroatoms. The minimum Gasteiger partial charge on any atom is -0.469 e. The number of carbonyl (C=O) groups is 1. The van der Waals surface area contributed by atoms with Gasteiger partial charge in [-0.1, -0.05) is 0 Å². The van der Waals surface area contributed by atoms with Gasteiger partial charge in [-0.3, -0.25) is 4.79 Å². The van der Waals surface area contributed by atoms with Gasteiger partial charge in [-0.05, 0) is 26.3 Å². The standard InChI is InChI=1S/C14H17N3O3/c1-8-6-11(9(2)20-8)13-16-15-12-5-4-10(7-17(12)13)14(18)19-3/h6,10H,4-5,7H2,1-3H3.